The van der Waals surface area contributed by atoms with Crippen LogP contribution in [0.15, 0.2) is 34.8 Å². The van der Waals surface area contributed by atoms with Gasteiger partial charge < -0.3 is 10.4 Å². The number of hydrogen-bond acceptors (Lipinski definition) is 2. The summed E-state index contributed by atoms with van der Waals surface area (Å²) in [6, 6.07) is 6.16. The highest BCUT2D eigenvalue weighted by Crippen LogP contribution is 2.24. The lowest BCUT2D eigenvalue weighted by Crippen LogP contribution is -2.13. The van der Waals surface area contributed by atoms with Gasteiger partial charge in [-0.15, -0.1) is 0 Å². The van der Waals surface area contributed by atoms with Crippen molar-refractivity contribution in [3.05, 3.63) is 57.6 Å². The van der Waals surface area contributed by atoms with E-state index in [1.54, 1.807) is 6.07 Å². The van der Waals surface area contributed by atoms with Gasteiger partial charge >= 0.3 is 0 Å². The average Bonchev–Trinajstić information content (AvgIpc) is 2.35. The van der Waals surface area contributed by atoms with Crippen LogP contribution in [-0.2, 0) is 0 Å². The number of anilines is 1. The zero-order chi connectivity index (χ0) is 14.9. The molecule has 2 aromatic rings. The van der Waals surface area contributed by atoms with Crippen molar-refractivity contribution in [2.75, 3.05) is 5.32 Å². The maximum Gasteiger partial charge on any atom is 0.259 e. The summed E-state index contributed by atoms with van der Waals surface area (Å²) in [7, 11) is 0. The molecule has 0 fully saturated rings. The van der Waals surface area contributed by atoms with Crippen LogP contribution in [0.4, 0.5) is 14.5 Å². The van der Waals surface area contributed by atoms with Crippen LogP contribution in [0.1, 0.15) is 15.9 Å². The van der Waals surface area contributed by atoms with Crippen LogP contribution in [0, 0.1) is 18.6 Å². The second-order valence-corrected chi connectivity index (χ2v) is 5.11. The molecule has 0 bridgehead atoms. The number of aryl methyl sites for hydroxylation is 1. The molecule has 0 atom stereocenters. The molecule has 0 aliphatic rings. The van der Waals surface area contributed by atoms with Gasteiger partial charge in [0.1, 0.15) is 17.4 Å². The Morgan fingerprint density at radius 1 is 1.20 bits per heavy atom. The van der Waals surface area contributed by atoms with E-state index in [1.807, 2.05) is 0 Å². The molecule has 0 saturated carbocycles. The highest BCUT2D eigenvalue weighted by Gasteiger charge is 2.15. The number of benzene rings is 2. The maximum atomic E-state index is 13.6. The van der Waals surface area contributed by atoms with E-state index >= 15 is 0 Å². The Hall–Kier alpha value is -1.95. The monoisotopic (exact) mass is 341 g/mol. The van der Waals surface area contributed by atoms with Gasteiger partial charge in [-0.3, -0.25) is 4.79 Å². The van der Waals surface area contributed by atoms with E-state index in [-0.39, 0.29) is 22.6 Å². The van der Waals surface area contributed by atoms with Crippen molar-refractivity contribution in [2.24, 2.45) is 0 Å². The van der Waals surface area contributed by atoms with E-state index in [9.17, 15) is 18.7 Å². The number of hydrogen-bond donors (Lipinski definition) is 2. The lowest BCUT2D eigenvalue weighted by Gasteiger charge is -2.09. The Morgan fingerprint density at radius 2 is 1.90 bits per heavy atom. The number of phenolic OH excluding ortho intramolecular Hbond substituents is 1. The molecular formula is C14H10BrF2NO2. The van der Waals surface area contributed by atoms with Crippen molar-refractivity contribution >= 4 is 27.5 Å². The summed E-state index contributed by atoms with van der Waals surface area (Å²) >= 11 is 3.14. The zero-order valence-electron chi connectivity index (χ0n) is 10.4. The minimum absolute atomic E-state index is 0.0337. The SMILES string of the molecule is Cc1cc(F)c(NC(=O)c2ccc(Br)cc2O)cc1F. The number of carbonyl (C=O) groups excluding carboxylic acids is 1. The molecule has 0 aliphatic carbocycles. The Morgan fingerprint density at radius 3 is 2.55 bits per heavy atom. The Kier molecular flexibility index (Phi) is 4.04. The van der Waals surface area contributed by atoms with Crippen LogP contribution in [-0.4, -0.2) is 11.0 Å². The normalized spacial score (nSPS) is 10.4. The van der Waals surface area contributed by atoms with Gasteiger partial charge in [-0.1, -0.05) is 15.9 Å². The predicted molar refractivity (Wildman–Crippen MR) is 74.9 cm³/mol. The molecule has 0 unspecified atom stereocenters. The maximum absolute atomic E-state index is 13.6. The highest BCUT2D eigenvalue weighted by atomic mass is 79.9. The fraction of sp³-hybridized carbons (Fsp3) is 0.0714. The van der Waals surface area contributed by atoms with Crippen LogP contribution in [0.2, 0.25) is 0 Å². The molecule has 0 aliphatic heterocycles. The molecule has 104 valence electrons. The van der Waals surface area contributed by atoms with E-state index in [0.29, 0.717) is 4.47 Å². The van der Waals surface area contributed by atoms with Crippen LogP contribution >= 0.6 is 15.9 Å². The largest absolute Gasteiger partial charge is 0.507 e. The molecule has 0 radical (unpaired) electrons. The molecular weight excluding hydrogens is 332 g/mol. The third-order valence-corrected chi connectivity index (χ3v) is 3.19. The Balaban J connectivity index is 2.30. The minimum atomic E-state index is -0.742. The van der Waals surface area contributed by atoms with Gasteiger partial charge in [0, 0.05) is 10.5 Å². The third kappa shape index (κ3) is 2.96. The quantitative estimate of drug-likeness (QED) is 0.867. The van der Waals surface area contributed by atoms with Crippen molar-refractivity contribution in [2.45, 2.75) is 6.92 Å². The van der Waals surface area contributed by atoms with Gasteiger partial charge in [-0.2, -0.15) is 0 Å². The summed E-state index contributed by atoms with van der Waals surface area (Å²) in [5.41, 5.74) is -0.166. The first-order valence-electron chi connectivity index (χ1n) is 5.64. The van der Waals surface area contributed by atoms with Gasteiger partial charge in [0.25, 0.3) is 5.91 Å². The van der Waals surface area contributed by atoms with E-state index in [2.05, 4.69) is 21.2 Å². The molecule has 20 heavy (non-hydrogen) atoms. The smallest absolute Gasteiger partial charge is 0.259 e. The minimum Gasteiger partial charge on any atom is -0.507 e. The number of phenols is 1. The number of halogens is 3. The van der Waals surface area contributed by atoms with Crippen LogP contribution in [0.5, 0.6) is 5.75 Å². The fourth-order valence-electron chi connectivity index (χ4n) is 1.63. The van der Waals surface area contributed by atoms with E-state index in [4.69, 9.17) is 0 Å². The van der Waals surface area contributed by atoms with Crippen molar-refractivity contribution in [3.63, 3.8) is 0 Å². The summed E-state index contributed by atoms with van der Waals surface area (Å²) in [4.78, 5) is 11.9. The third-order valence-electron chi connectivity index (χ3n) is 2.70. The standard InChI is InChI=1S/C14H10BrF2NO2/c1-7-4-11(17)12(6-10(7)16)18-14(20)9-3-2-8(15)5-13(9)19/h2-6,19H,1H3,(H,18,20). The van der Waals surface area contributed by atoms with E-state index < -0.39 is 17.5 Å². The predicted octanol–water partition coefficient (Wildman–Crippen LogP) is 3.99. The first kappa shape index (κ1) is 14.5. The highest BCUT2D eigenvalue weighted by molar-refractivity contribution is 9.10. The van der Waals surface area contributed by atoms with Crippen LogP contribution in [0.3, 0.4) is 0 Å². The van der Waals surface area contributed by atoms with Gasteiger partial charge in [0.05, 0.1) is 11.3 Å². The summed E-state index contributed by atoms with van der Waals surface area (Å²) < 4.78 is 27.6. The number of carbonyl (C=O) groups is 1. The first-order chi connectivity index (χ1) is 9.38. The molecule has 2 N–H and O–H groups in total. The molecule has 2 aromatic carbocycles. The van der Waals surface area contributed by atoms with E-state index in [0.717, 1.165) is 12.1 Å². The molecule has 1 amide bonds. The molecule has 0 heterocycles. The molecule has 2 rings (SSSR count). The van der Waals surface area contributed by atoms with Crippen molar-refractivity contribution < 1.29 is 18.7 Å². The van der Waals surface area contributed by atoms with Gasteiger partial charge in [-0.25, -0.2) is 8.78 Å². The van der Waals surface area contributed by atoms with Crippen molar-refractivity contribution in [3.8, 4) is 5.75 Å². The van der Waals surface area contributed by atoms with Gasteiger partial charge in [-0.05, 0) is 36.8 Å². The second-order valence-electron chi connectivity index (χ2n) is 4.20. The average molecular weight is 342 g/mol. The van der Waals surface area contributed by atoms with Crippen LogP contribution in [0.25, 0.3) is 0 Å². The molecule has 0 spiro atoms. The first-order valence-corrected chi connectivity index (χ1v) is 6.43. The number of aromatic hydroxyl groups is 1. The fourth-order valence-corrected chi connectivity index (χ4v) is 1.98. The van der Waals surface area contributed by atoms with Gasteiger partial charge in [0.15, 0.2) is 0 Å². The number of nitrogens with one attached hydrogen (secondary N) is 1. The van der Waals surface area contributed by atoms with E-state index in [1.165, 1.54) is 19.1 Å². The summed E-state index contributed by atoms with van der Waals surface area (Å²) in [6.45, 7) is 1.42. The summed E-state index contributed by atoms with van der Waals surface area (Å²) in [5.74, 6) is -2.35. The molecule has 0 saturated heterocycles. The molecule has 6 heteroatoms. The van der Waals surface area contributed by atoms with Crippen LogP contribution < -0.4 is 5.32 Å². The second kappa shape index (κ2) is 5.58. The summed E-state index contributed by atoms with van der Waals surface area (Å²) in [6.07, 6.45) is 0. The lowest BCUT2D eigenvalue weighted by molar-refractivity contribution is 0.102. The zero-order valence-corrected chi connectivity index (χ0v) is 12.0. The topological polar surface area (TPSA) is 49.3 Å². The van der Waals surface area contributed by atoms with Gasteiger partial charge in [0.2, 0.25) is 0 Å². The molecule has 3 nitrogen and oxygen atoms in total. The lowest BCUT2D eigenvalue weighted by atomic mass is 10.1. The number of amides is 1. The van der Waals surface area contributed by atoms with Crippen molar-refractivity contribution in [1.82, 2.24) is 0 Å². The summed E-state index contributed by atoms with van der Waals surface area (Å²) in [5, 5.41) is 11.9. The molecule has 0 aromatic heterocycles. The Labute approximate surface area is 122 Å². The number of rotatable bonds is 2. The Bertz CT molecular complexity index is 689. The van der Waals surface area contributed by atoms with Crippen molar-refractivity contribution in [1.29, 1.82) is 0 Å².